The molecule has 7 nitrogen and oxygen atoms in total. The quantitative estimate of drug-likeness (QED) is 0.562. The standard InChI is InChI=1S/C11H13N3O4/c1-13-10(17)5-3-6(9(12)16)8(15)7(4-5)11(18)14-2/h3-4,15H,1-2H3,(H2,12,16)(H,13,17)(H,14,18). The molecule has 0 saturated heterocycles. The van der Waals surface area contributed by atoms with Gasteiger partial charge in [-0.2, -0.15) is 0 Å². The summed E-state index contributed by atoms with van der Waals surface area (Å²) in [4.78, 5) is 34.2. The van der Waals surface area contributed by atoms with Gasteiger partial charge in [0, 0.05) is 19.7 Å². The zero-order chi connectivity index (χ0) is 13.9. The Morgan fingerprint density at radius 1 is 1.06 bits per heavy atom. The fourth-order valence-corrected chi connectivity index (χ4v) is 1.41. The van der Waals surface area contributed by atoms with Crippen molar-refractivity contribution in [1.82, 2.24) is 10.6 Å². The number of hydrogen-bond donors (Lipinski definition) is 4. The van der Waals surface area contributed by atoms with Crippen molar-refractivity contribution in [2.24, 2.45) is 5.73 Å². The largest absolute Gasteiger partial charge is 0.506 e. The average Bonchev–Trinajstić information content (AvgIpc) is 2.36. The summed E-state index contributed by atoms with van der Waals surface area (Å²) in [7, 11) is 2.76. The molecule has 5 N–H and O–H groups in total. The Balaban J connectivity index is 3.51. The molecule has 0 fully saturated rings. The molecule has 0 heterocycles. The first kappa shape index (κ1) is 13.5. The van der Waals surface area contributed by atoms with Gasteiger partial charge in [-0.05, 0) is 12.1 Å². The lowest BCUT2D eigenvalue weighted by Gasteiger charge is -2.09. The summed E-state index contributed by atoms with van der Waals surface area (Å²) in [6, 6.07) is 2.31. The molecule has 18 heavy (non-hydrogen) atoms. The van der Waals surface area contributed by atoms with Crippen LogP contribution in [0.4, 0.5) is 0 Å². The van der Waals surface area contributed by atoms with Crippen LogP contribution in [0, 0.1) is 0 Å². The second-order valence-corrected chi connectivity index (χ2v) is 3.44. The average molecular weight is 251 g/mol. The minimum atomic E-state index is -0.927. The van der Waals surface area contributed by atoms with Crippen molar-refractivity contribution in [3.63, 3.8) is 0 Å². The third-order valence-electron chi connectivity index (χ3n) is 2.34. The summed E-state index contributed by atoms with van der Waals surface area (Å²) in [5.41, 5.74) is 4.66. The van der Waals surface area contributed by atoms with Crippen molar-refractivity contribution < 1.29 is 19.5 Å². The molecule has 7 heteroatoms. The first-order valence-corrected chi connectivity index (χ1v) is 5.03. The summed E-state index contributed by atoms with van der Waals surface area (Å²) in [6.07, 6.45) is 0. The van der Waals surface area contributed by atoms with E-state index in [0.29, 0.717) is 0 Å². The Labute approximate surface area is 103 Å². The van der Waals surface area contributed by atoms with Crippen molar-refractivity contribution in [2.45, 2.75) is 0 Å². The molecule has 0 aliphatic carbocycles. The lowest BCUT2D eigenvalue weighted by atomic mass is 10.0. The van der Waals surface area contributed by atoms with E-state index < -0.39 is 23.5 Å². The number of phenols is 1. The van der Waals surface area contributed by atoms with Gasteiger partial charge in [0.1, 0.15) is 5.75 Å². The van der Waals surface area contributed by atoms with Crippen LogP contribution < -0.4 is 16.4 Å². The molecule has 1 aromatic rings. The van der Waals surface area contributed by atoms with Crippen LogP contribution in [0.1, 0.15) is 31.1 Å². The molecule has 0 aromatic heterocycles. The third-order valence-corrected chi connectivity index (χ3v) is 2.34. The second-order valence-electron chi connectivity index (χ2n) is 3.44. The molecule has 0 spiro atoms. The predicted molar refractivity (Wildman–Crippen MR) is 63.4 cm³/mol. The van der Waals surface area contributed by atoms with Gasteiger partial charge in [0.2, 0.25) is 0 Å². The van der Waals surface area contributed by atoms with Gasteiger partial charge >= 0.3 is 0 Å². The van der Waals surface area contributed by atoms with Crippen LogP contribution in [0.25, 0.3) is 0 Å². The number of primary amides is 1. The first-order valence-electron chi connectivity index (χ1n) is 5.03. The van der Waals surface area contributed by atoms with E-state index in [0.717, 1.165) is 6.07 Å². The highest BCUT2D eigenvalue weighted by Gasteiger charge is 2.20. The molecular formula is C11H13N3O4. The van der Waals surface area contributed by atoms with E-state index in [9.17, 15) is 19.5 Å². The van der Waals surface area contributed by atoms with Crippen LogP contribution in [0.15, 0.2) is 12.1 Å². The number of carbonyl (C=O) groups is 3. The third kappa shape index (κ3) is 2.40. The Morgan fingerprint density at radius 2 is 1.56 bits per heavy atom. The Morgan fingerprint density at radius 3 is 2.00 bits per heavy atom. The van der Waals surface area contributed by atoms with Gasteiger partial charge < -0.3 is 21.5 Å². The van der Waals surface area contributed by atoms with E-state index in [1.54, 1.807) is 0 Å². The number of rotatable bonds is 3. The molecular weight excluding hydrogens is 238 g/mol. The smallest absolute Gasteiger partial charge is 0.254 e. The maximum Gasteiger partial charge on any atom is 0.254 e. The molecule has 1 rings (SSSR count). The monoisotopic (exact) mass is 251 g/mol. The fourth-order valence-electron chi connectivity index (χ4n) is 1.41. The summed E-state index contributed by atoms with van der Waals surface area (Å²) in [5.74, 6) is -2.60. The Hall–Kier alpha value is -2.57. The van der Waals surface area contributed by atoms with Gasteiger partial charge in [-0.15, -0.1) is 0 Å². The molecule has 0 saturated carbocycles. The SMILES string of the molecule is CNC(=O)c1cc(C(N)=O)c(O)c(C(=O)NC)c1. The molecule has 0 aliphatic heterocycles. The van der Waals surface area contributed by atoms with Crippen molar-refractivity contribution in [3.8, 4) is 5.75 Å². The van der Waals surface area contributed by atoms with E-state index >= 15 is 0 Å². The maximum absolute atomic E-state index is 11.5. The fraction of sp³-hybridized carbons (Fsp3) is 0.182. The number of hydrogen-bond acceptors (Lipinski definition) is 4. The summed E-state index contributed by atoms with van der Waals surface area (Å²) in [6.45, 7) is 0. The van der Waals surface area contributed by atoms with Crippen molar-refractivity contribution in [2.75, 3.05) is 14.1 Å². The zero-order valence-corrected chi connectivity index (χ0v) is 9.90. The number of nitrogens with two attached hydrogens (primary N) is 1. The molecule has 3 amide bonds. The summed E-state index contributed by atoms with van der Waals surface area (Å²) < 4.78 is 0. The van der Waals surface area contributed by atoms with Crippen molar-refractivity contribution in [3.05, 3.63) is 28.8 Å². The lowest BCUT2D eigenvalue weighted by Crippen LogP contribution is -2.23. The van der Waals surface area contributed by atoms with Gasteiger partial charge in [0.05, 0.1) is 11.1 Å². The van der Waals surface area contributed by atoms with Crippen LogP contribution in [0.2, 0.25) is 0 Å². The molecule has 96 valence electrons. The number of benzene rings is 1. The number of aromatic hydroxyl groups is 1. The number of carbonyl (C=O) groups excluding carboxylic acids is 3. The highest BCUT2D eigenvalue weighted by molar-refractivity contribution is 6.07. The van der Waals surface area contributed by atoms with Crippen LogP contribution >= 0.6 is 0 Å². The summed E-state index contributed by atoms with van der Waals surface area (Å²) in [5, 5.41) is 14.4. The molecule has 0 bridgehead atoms. The van der Waals surface area contributed by atoms with Gasteiger partial charge in [-0.3, -0.25) is 14.4 Å². The molecule has 0 unspecified atom stereocenters. The number of nitrogens with one attached hydrogen (secondary N) is 2. The zero-order valence-electron chi connectivity index (χ0n) is 9.90. The van der Waals surface area contributed by atoms with Crippen LogP contribution in [-0.2, 0) is 0 Å². The maximum atomic E-state index is 11.5. The van der Waals surface area contributed by atoms with Gasteiger partial charge in [-0.1, -0.05) is 0 Å². The van der Waals surface area contributed by atoms with Gasteiger partial charge in [-0.25, -0.2) is 0 Å². The van der Waals surface area contributed by atoms with Crippen molar-refractivity contribution >= 4 is 17.7 Å². The normalized spacial score (nSPS) is 9.67. The molecule has 0 aliphatic rings. The minimum Gasteiger partial charge on any atom is -0.506 e. The van der Waals surface area contributed by atoms with Gasteiger partial charge in [0.15, 0.2) is 0 Å². The van der Waals surface area contributed by atoms with Gasteiger partial charge in [0.25, 0.3) is 17.7 Å². The molecule has 0 atom stereocenters. The van der Waals surface area contributed by atoms with E-state index in [-0.39, 0.29) is 16.7 Å². The minimum absolute atomic E-state index is 0.0581. The van der Waals surface area contributed by atoms with Crippen LogP contribution in [-0.4, -0.2) is 36.9 Å². The number of amides is 3. The first-order chi connectivity index (χ1) is 8.42. The topological polar surface area (TPSA) is 122 Å². The Bertz CT molecular complexity index is 525. The van der Waals surface area contributed by atoms with E-state index in [4.69, 9.17) is 5.73 Å². The van der Waals surface area contributed by atoms with Crippen LogP contribution in [0.5, 0.6) is 5.75 Å². The van der Waals surface area contributed by atoms with E-state index in [2.05, 4.69) is 10.6 Å². The highest BCUT2D eigenvalue weighted by Crippen LogP contribution is 2.24. The molecule has 1 aromatic carbocycles. The van der Waals surface area contributed by atoms with E-state index in [1.165, 1.54) is 20.2 Å². The van der Waals surface area contributed by atoms with Crippen LogP contribution in [0.3, 0.4) is 0 Å². The lowest BCUT2D eigenvalue weighted by molar-refractivity contribution is 0.0960. The molecule has 0 radical (unpaired) electrons. The Kier molecular flexibility index (Phi) is 3.88. The predicted octanol–water partition coefficient (Wildman–Crippen LogP) is -0.790. The van der Waals surface area contributed by atoms with Crippen molar-refractivity contribution in [1.29, 1.82) is 0 Å². The second kappa shape index (κ2) is 5.17. The van der Waals surface area contributed by atoms with E-state index in [1.807, 2.05) is 0 Å². The summed E-state index contributed by atoms with van der Waals surface area (Å²) >= 11 is 0. The highest BCUT2D eigenvalue weighted by atomic mass is 16.3.